The van der Waals surface area contributed by atoms with Gasteiger partial charge < -0.3 is 72.9 Å². The molecule has 0 saturated carbocycles. The fraction of sp³-hybridized carbons (Fsp3) is 0.439. The summed E-state index contributed by atoms with van der Waals surface area (Å²) < 4.78 is 50.2. The van der Waals surface area contributed by atoms with Crippen molar-refractivity contribution in [2.75, 3.05) is 170 Å². The number of nitrogens with zero attached hydrogens (tertiary/aromatic N) is 4. The molecule has 2 saturated heterocycles. The zero-order valence-corrected chi connectivity index (χ0v) is 53.3. The molecule has 90 heavy (non-hydrogen) atoms. The number of rotatable bonds is 32. The van der Waals surface area contributed by atoms with Gasteiger partial charge in [-0.2, -0.15) is 10.0 Å². The minimum Gasteiger partial charge on any atom is -0.488 e. The molecule has 0 radical (unpaired) electrons. The Morgan fingerprint density at radius 1 is 0.611 bits per heavy atom. The van der Waals surface area contributed by atoms with Crippen molar-refractivity contribution >= 4 is 91.7 Å². The van der Waals surface area contributed by atoms with Crippen molar-refractivity contribution in [3.05, 3.63) is 125 Å². The van der Waals surface area contributed by atoms with E-state index in [2.05, 4.69) is 57.2 Å². The number of benzene rings is 5. The summed E-state index contributed by atoms with van der Waals surface area (Å²) in [4.78, 5) is 102. The summed E-state index contributed by atoms with van der Waals surface area (Å²) in [7, 11) is 3.15. The largest absolute Gasteiger partial charge is 0.488 e. The van der Waals surface area contributed by atoms with Crippen LogP contribution >= 0.6 is 21.6 Å². The maximum absolute atomic E-state index is 14.2. The molecule has 2 amide bonds. The fourth-order valence-corrected chi connectivity index (χ4v) is 14.1. The molecular weight excluding hydrogens is 1200 g/mol. The molecule has 0 aliphatic carbocycles. The van der Waals surface area contributed by atoms with Gasteiger partial charge in [-0.3, -0.25) is 28.8 Å². The second kappa shape index (κ2) is 30.5. The molecule has 22 nitrogen and oxygen atoms in total. The predicted molar refractivity (Wildman–Crippen MR) is 341 cm³/mol. The van der Waals surface area contributed by atoms with Crippen molar-refractivity contribution in [3.63, 3.8) is 0 Å². The van der Waals surface area contributed by atoms with Crippen LogP contribution in [0, 0.1) is 5.92 Å². The Bertz CT molecular complexity index is 3400. The van der Waals surface area contributed by atoms with E-state index in [1.165, 1.54) is 38.2 Å². The first-order valence-electron chi connectivity index (χ1n) is 30.0. The van der Waals surface area contributed by atoms with Gasteiger partial charge in [0.15, 0.2) is 5.60 Å². The number of anilines is 5. The quantitative estimate of drug-likeness (QED) is 0.0183. The highest BCUT2D eigenvalue weighted by Gasteiger charge is 2.55. The van der Waals surface area contributed by atoms with Crippen LogP contribution in [0.25, 0.3) is 0 Å². The van der Waals surface area contributed by atoms with E-state index < -0.39 is 51.4 Å². The zero-order valence-electron chi connectivity index (χ0n) is 51.8. The Morgan fingerprint density at radius 3 is 1.77 bits per heavy atom. The third-order valence-corrected chi connectivity index (χ3v) is 19.5. The average Bonchev–Trinajstić information content (AvgIpc) is 1.35. The number of hydrogen-bond donors (Lipinski definition) is 2. The van der Waals surface area contributed by atoms with Crippen molar-refractivity contribution in [1.82, 2.24) is 5.32 Å². The molecule has 1 atom stereocenters. The number of alkyl halides is 1. The van der Waals surface area contributed by atoms with E-state index in [-0.39, 0.29) is 63.5 Å². The maximum atomic E-state index is 14.2. The smallest absolute Gasteiger partial charge is 0.340 e. The number of unbranched alkanes of at least 4 members (excludes halogenated alkanes) is 3. The Hall–Kier alpha value is -8.25. The first kappa shape index (κ1) is 66.2. The van der Waals surface area contributed by atoms with Crippen LogP contribution in [-0.4, -0.2) is 187 Å². The van der Waals surface area contributed by atoms with Gasteiger partial charge in [0.05, 0.1) is 71.1 Å². The second-order valence-electron chi connectivity index (χ2n) is 22.4. The summed E-state index contributed by atoms with van der Waals surface area (Å²) in [5, 5.41) is 6.02. The molecule has 4 heterocycles. The van der Waals surface area contributed by atoms with E-state index in [0.29, 0.717) is 84.9 Å². The van der Waals surface area contributed by atoms with E-state index in [0.717, 1.165) is 77.5 Å². The van der Waals surface area contributed by atoms with Gasteiger partial charge in [0, 0.05) is 100 Å². The highest BCUT2D eigenvalue weighted by Crippen LogP contribution is 2.69. The first-order valence-corrected chi connectivity index (χ1v) is 33.0. The number of methoxy groups -OCH3 is 4. The molecule has 9 rings (SSSR count). The van der Waals surface area contributed by atoms with Crippen LogP contribution in [0.2, 0.25) is 0 Å². The third-order valence-electron chi connectivity index (χ3n) is 16.4. The van der Waals surface area contributed by atoms with Crippen LogP contribution in [-0.2, 0) is 62.7 Å². The van der Waals surface area contributed by atoms with Gasteiger partial charge in [0.25, 0.3) is 5.91 Å². The normalized spacial score (nSPS) is 16.2. The van der Waals surface area contributed by atoms with E-state index in [4.69, 9.17) is 54.2 Å². The monoisotopic (exact) mass is 1280 g/mol. The number of carbonyl (C=O) groups is 7. The summed E-state index contributed by atoms with van der Waals surface area (Å²) in [5.41, 5.74) is 4.76. The van der Waals surface area contributed by atoms with Gasteiger partial charge in [0.1, 0.15) is 50.9 Å². The van der Waals surface area contributed by atoms with Crippen molar-refractivity contribution in [1.29, 1.82) is 0 Å². The van der Waals surface area contributed by atoms with Crippen molar-refractivity contribution in [3.8, 4) is 11.5 Å². The maximum Gasteiger partial charge on any atom is 0.340 e. The number of esters is 5. The van der Waals surface area contributed by atoms with Crippen molar-refractivity contribution in [2.24, 2.45) is 5.92 Å². The van der Waals surface area contributed by atoms with Crippen LogP contribution in [0.3, 0.4) is 0 Å². The molecular formula is C66H79ClN6O16S. The summed E-state index contributed by atoms with van der Waals surface area (Å²) in [6.45, 7) is 3.42. The van der Waals surface area contributed by atoms with Gasteiger partial charge in [0.2, 0.25) is 5.91 Å². The number of amides is 2. The molecule has 5 aromatic carbocycles. The molecule has 2 N–H and O–H groups in total. The van der Waals surface area contributed by atoms with Crippen LogP contribution in [0.5, 0.6) is 11.5 Å². The lowest BCUT2D eigenvalue weighted by Crippen LogP contribution is -2.52. The molecule has 4 aliphatic heterocycles. The Balaban J connectivity index is 0.916. The van der Waals surface area contributed by atoms with Gasteiger partial charge >= 0.3 is 29.8 Å². The number of halogens is 1. The van der Waals surface area contributed by atoms with Gasteiger partial charge in [-0.25, -0.2) is 4.79 Å². The number of ether oxygens (including phenoxy) is 9. The fourth-order valence-electron chi connectivity index (χ4n) is 11.3. The number of para-hydroxylation sites is 2. The van der Waals surface area contributed by atoms with Crippen LogP contribution in [0.15, 0.2) is 107 Å². The van der Waals surface area contributed by atoms with Crippen LogP contribution < -0.4 is 39.7 Å². The standard InChI is InChI=1S/C66H79ClN6O16S/c1-81-59(74)40-72(41-60(75)82-2)53-14-9-10-15-55(53)87-32-33-88-56-35-46(17-23-54(56)73(42-61(76)83-3)43-62(77)84-4)69-64(79)45-38-71(39-45)48-19-22-51-58(37-48)90(5,6)57-36-47(70-26-13-27-70)18-21-50(57)66(51)52-34-44(16-20-49(52)65(80)89-66)63(78)68-25-29-86-31-30-85-28-12-8-7-11-24-67/h9-10,14-23,34-37,45H,7-8,11-13,24-33,38-43H2,1-6H3,(H,68,78)(H,69,79). The molecule has 0 aromatic heterocycles. The highest BCUT2D eigenvalue weighted by atomic mass is 35.5. The SMILES string of the molecule is COC(=O)CN(CC(=O)OC)c1ccccc1OCCOc1cc(NC(=O)C2CN(c3ccc4c(c3)S(C)(C)c3cc(N5CCC5)ccc3C43OC(=O)c4ccc(C(=O)NCCOCCOCCCCCCCl)cc43)C2)ccc1N(CC(=O)OC)CC(=O)OC. The van der Waals surface area contributed by atoms with Gasteiger partial charge in [-0.1, -0.05) is 37.1 Å². The average molecular weight is 1280 g/mol. The molecule has 24 heteroatoms. The topological polar surface area (TPSA) is 240 Å². The van der Waals surface area contributed by atoms with E-state index >= 15 is 0 Å². The zero-order chi connectivity index (χ0) is 64.0. The minimum absolute atomic E-state index is 0.0543. The van der Waals surface area contributed by atoms with E-state index in [1.807, 2.05) is 12.1 Å². The molecule has 2 fully saturated rings. The summed E-state index contributed by atoms with van der Waals surface area (Å²) in [5.74, 6) is -2.74. The molecule has 0 bridgehead atoms. The predicted octanol–water partition coefficient (Wildman–Crippen LogP) is 7.55. The Morgan fingerprint density at radius 2 is 1.18 bits per heavy atom. The molecule has 1 unspecified atom stereocenters. The lowest BCUT2D eigenvalue weighted by Gasteiger charge is -2.49. The lowest BCUT2D eigenvalue weighted by molar-refractivity contribution is -0.141. The Kier molecular flexibility index (Phi) is 22.4. The number of hydrogen-bond acceptors (Lipinski definition) is 20. The summed E-state index contributed by atoms with van der Waals surface area (Å²) in [6, 6.07) is 29.4. The molecule has 4 aliphatic rings. The third kappa shape index (κ3) is 15.1. The number of nitrogens with one attached hydrogen (secondary N) is 2. The first-order chi connectivity index (χ1) is 43.5. The van der Waals surface area contributed by atoms with Crippen LogP contribution in [0.4, 0.5) is 28.4 Å². The number of fused-ring (bicyclic) bond motifs is 6. The Labute approximate surface area is 530 Å². The van der Waals surface area contributed by atoms with Crippen molar-refractivity contribution in [2.45, 2.75) is 47.5 Å². The highest BCUT2D eigenvalue weighted by molar-refractivity contribution is 8.32. The van der Waals surface area contributed by atoms with Crippen LogP contribution in [0.1, 0.15) is 69.5 Å². The van der Waals surface area contributed by atoms with E-state index in [1.54, 1.807) is 60.7 Å². The summed E-state index contributed by atoms with van der Waals surface area (Å²) in [6.07, 6.45) is 9.76. The molecule has 1 spiro atoms. The van der Waals surface area contributed by atoms with Gasteiger partial charge in [-0.05, 0) is 98.5 Å². The van der Waals surface area contributed by atoms with Gasteiger partial charge in [-0.15, -0.1) is 11.6 Å². The molecule has 5 aromatic rings. The number of carbonyl (C=O) groups excluding carboxylic acids is 7. The van der Waals surface area contributed by atoms with E-state index in [9.17, 15) is 33.6 Å². The second-order valence-corrected chi connectivity index (χ2v) is 26.3. The summed E-state index contributed by atoms with van der Waals surface area (Å²) >= 11 is 5.77. The lowest BCUT2D eigenvalue weighted by atomic mass is 9.78. The molecule has 482 valence electrons. The minimum atomic E-state index is -1.80. The van der Waals surface area contributed by atoms with Crippen molar-refractivity contribution < 1.29 is 76.2 Å².